The number of aryl methyl sites for hydroxylation is 4. The SMILES string of the molecule is Cc1ccccc1OC(=O)C(Oc1ccccc1C)(Oc1ccccc1C)Oc1ccccc1C. The Hall–Kier alpha value is -4.25. The van der Waals surface area contributed by atoms with Crippen LogP contribution in [0.25, 0.3) is 0 Å². The number of benzene rings is 4. The monoisotopic (exact) mass is 468 g/mol. The van der Waals surface area contributed by atoms with E-state index >= 15 is 0 Å². The molecule has 0 atom stereocenters. The predicted molar refractivity (Wildman–Crippen MR) is 135 cm³/mol. The van der Waals surface area contributed by atoms with E-state index in [0.29, 0.717) is 23.0 Å². The second-order valence-electron chi connectivity index (χ2n) is 8.31. The van der Waals surface area contributed by atoms with Gasteiger partial charge in [0.25, 0.3) is 0 Å². The molecule has 178 valence electrons. The minimum atomic E-state index is -2.27. The first-order valence-electron chi connectivity index (χ1n) is 11.4. The van der Waals surface area contributed by atoms with Gasteiger partial charge in [-0.1, -0.05) is 72.8 Å². The third kappa shape index (κ3) is 5.46. The Kier molecular flexibility index (Phi) is 7.06. The maximum atomic E-state index is 13.9. The van der Waals surface area contributed by atoms with Crippen LogP contribution in [0.5, 0.6) is 23.0 Å². The maximum Gasteiger partial charge on any atom is 0.524 e. The standard InChI is InChI=1S/C30H28O5/c1-21-13-5-9-17-25(21)32-29(31)30(33-26-18-10-6-14-22(26)2,34-27-19-11-7-15-23(27)3)35-28-20-12-8-16-24(28)4/h5-20H,1-4H3. The van der Waals surface area contributed by atoms with Gasteiger partial charge in [-0.25, -0.2) is 4.79 Å². The second-order valence-corrected chi connectivity index (χ2v) is 8.31. The molecule has 0 unspecified atom stereocenters. The summed E-state index contributed by atoms with van der Waals surface area (Å²) in [5.41, 5.74) is 3.21. The highest BCUT2D eigenvalue weighted by atomic mass is 16.9. The van der Waals surface area contributed by atoms with Gasteiger partial charge in [-0.05, 0) is 74.2 Å². The van der Waals surface area contributed by atoms with E-state index in [1.165, 1.54) is 0 Å². The molecule has 0 aliphatic rings. The fourth-order valence-electron chi connectivity index (χ4n) is 3.47. The highest BCUT2D eigenvalue weighted by Gasteiger charge is 2.51. The van der Waals surface area contributed by atoms with Crippen LogP contribution in [0.15, 0.2) is 97.1 Å². The molecule has 0 saturated heterocycles. The first-order valence-corrected chi connectivity index (χ1v) is 11.4. The van der Waals surface area contributed by atoms with Crippen LogP contribution >= 0.6 is 0 Å². The molecule has 0 aliphatic heterocycles. The topological polar surface area (TPSA) is 54.0 Å². The molecule has 0 radical (unpaired) electrons. The molecule has 0 heterocycles. The van der Waals surface area contributed by atoms with Gasteiger partial charge in [-0.15, -0.1) is 0 Å². The number of carbonyl (C=O) groups is 1. The van der Waals surface area contributed by atoms with Crippen molar-refractivity contribution in [2.45, 2.75) is 33.7 Å². The van der Waals surface area contributed by atoms with Gasteiger partial charge in [-0.3, -0.25) is 0 Å². The van der Waals surface area contributed by atoms with Crippen molar-refractivity contribution < 1.29 is 23.7 Å². The van der Waals surface area contributed by atoms with E-state index in [1.54, 1.807) is 30.3 Å². The van der Waals surface area contributed by atoms with Crippen LogP contribution in [0.4, 0.5) is 0 Å². The quantitative estimate of drug-likeness (QED) is 0.163. The molecule has 35 heavy (non-hydrogen) atoms. The molecule has 5 nitrogen and oxygen atoms in total. The zero-order chi connectivity index (χ0) is 24.8. The molecule has 5 heteroatoms. The minimum Gasteiger partial charge on any atom is -0.417 e. The van der Waals surface area contributed by atoms with E-state index in [2.05, 4.69) is 0 Å². The zero-order valence-corrected chi connectivity index (χ0v) is 20.3. The molecular formula is C30H28O5. The summed E-state index contributed by atoms with van der Waals surface area (Å²) in [7, 11) is 0. The van der Waals surface area contributed by atoms with Crippen LogP contribution in [0, 0.1) is 27.7 Å². The molecule has 0 aliphatic carbocycles. The summed E-state index contributed by atoms with van der Waals surface area (Å²) < 4.78 is 24.7. The van der Waals surface area contributed by atoms with Gasteiger partial charge < -0.3 is 18.9 Å². The van der Waals surface area contributed by atoms with Crippen LogP contribution in [0.1, 0.15) is 22.3 Å². The molecular weight excluding hydrogens is 440 g/mol. The molecule has 0 bridgehead atoms. The van der Waals surface area contributed by atoms with Crippen LogP contribution in [0.3, 0.4) is 0 Å². The lowest BCUT2D eigenvalue weighted by atomic mass is 10.2. The van der Waals surface area contributed by atoms with Crippen molar-refractivity contribution in [2.75, 3.05) is 0 Å². The normalized spacial score (nSPS) is 11.0. The highest BCUT2D eigenvalue weighted by molar-refractivity contribution is 5.80. The van der Waals surface area contributed by atoms with E-state index in [9.17, 15) is 4.79 Å². The Bertz CT molecular complexity index is 1210. The molecule has 0 fully saturated rings. The second kappa shape index (κ2) is 10.3. The van der Waals surface area contributed by atoms with Crippen molar-refractivity contribution in [3.05, 3.63) is 119 Å². The number of ether oxygens (including phenoxy) is 4. The van der Waals surface area contributed by atoms with Crippen LogP contribution in [0.2, 0.25) is 0 Å². The average Bonchev–Trinajstić information content (AvgIpc) is 2.85. The van der Waals surface area contributed by atoms with Crippen molar-refractivity contribution in [1.82, 2.24) is 0 Å². The fraction of sp³-hybridized carbons (Fsp3) is 0.167. The summed E-state index contributed by atoms with van der Waals surface area (Å²) in [6.45, 7) is 7.51. The average molecular weight is 469 g/mol. The summed E-state index contributed by atoms with van der Waals surface area (Å²) in [5, 5.41) is 0. The lowest BCUT2D eigenvalue weighted by Crippen LogP contribution is -2.57. The smallest absolute Gasteiger partial charge is 0.417 e. The van der Waals surface area contributed by atoms with Gasteiger partial charge in [0.05, 0.1) is 0 Å². The molecule has 0 spiro atoms. The number of rotatable bonds is 8. The molecule has 0 amide bonds. The number of carbonyl (C=O) groups excluding carboxylic acids is 1. The first-order chi connectivity index (χ1) is 16.9. The number of hydrogen-bond donors (Lipinski definition) is 0. The fourth-order valence-corrected chi connectivity index (χ4v) is 3.47. The largest absolute Gasteiger partial charge is 0.524 e. The molecule has 0 saturated carbocycles. The van der Waals surface area contributed by atoms with Gasteiger partial charge in [0.1, 0.15) is 23.0 Å². The third-order valence-electron chi connectivity index (χ3n) is 5.56. The lowest BCUT2D eigenvalue weighted by Gasteiger charge is -2.33. The molecule has 0 aromatic heterocycles. The van der Waals surface area contributed by atoms with Gasteiger partial charge in [0, 0.05) is 0 Å². The Balaban J connectivity index is 1.86. The molecule has 4 aromatic carbocycles. The van der Waals surface area contributed by atoms with E-state index in [0.717, 1.165) is 22.3 Å². The maximum absolute atomic E-state index is 13.9. The van der Waals surface area contributed by atoms with Crippen molar-refractivity contribution in [1.29, 1.82) is 0 Å². The summed E-state index contributed by atoms with van der Waals surface area (Å²) in [6.07, 6.45) is 0. The van der Waals surface area contributed by atoms with Gasteiger partial charge >= 0.3 is 11.9 Å². The van der Waals surface area contributed by atoms with Gasteiger partial charge in [-0.2, -0.15) is 0 Å². The number of hydrogen-bond acceptors (Lipinski definition) is 5. The molecule has 4 aromatic rings. The van der Waals surface area contributed by atoms with E-state index in [1.807, 2.05) is 94.4 Å². The number of para-hydroxylation sites is 4. The Morgan fingerprint density at radius 3 is 1.09 bits per heavy atom. The Labute approximate surface area is 205 Å². The Morgan fingerprint density at radius 2 is 0.771 bits per heavy atom. The van der Waals surface area contributed by atoms with Crippen LogP contribution in [-0.2, 0) is 4.79 Å². The number of esters is 1. The van der Waals surface area contributed by atoms with Crippen LogP contribution in [-0.4, -0.2) is 11.9 Å². The van der Waals surface area contributed by atoms with Gasteiger partial charge in [0.2, 0.25) is 0 Å². The lowest BCUT2D eigenvalue weighted by molar-refractivity contribution is -0.253. The minimum absolute atomic E-state index is 0.386. The van der Waals surface area contributed by atoms with Crippen molar-refractivity contribution in [2.24, 2.45) is 0 Å². The summed E-state index contributed by atoms with van der Waals surface area (Å²) >= 11 is 0. The predicted octanol–water partition coefficient (Wildman–Crippen LogP) is 6.72. The molecule has 0 N–H and O–H groups in total. The van der Waals surface area contributed by atoms with Crippen molar-refractivity contribution in [3.8, 4) is 23.0 Å². The Morgan fingerprint density at radius 1 is 0.486 bits per heavy atom. The first kappa shape index (κ1) is 23.9. The summed E-state index contributed by atoms with van der Waals surface area (Å²) in [6, 6.07) is 29.3. The highest BCUT2D eigenvalue weighted by Crippen LogP contribution is 2.33. The zero-order valence-electron chi connectivity index (χ0n) is 20.3. The van der Waals surface area contributed by atoms with Crippen molar-refractivity contribution in [3.63, 3.8) is 0 Å². The van der Waals surface area contributed by atoms with E-state index < -0.39 is 11.9 Å². The van der Waals surface area contributed by atoms with Crippen molar-refractivity contribution >= 4 is 5.97 Å². The third-order valence-corrected chi connectivity index (χ3v) is 5.56. The molecule has 4 rings (SSSR count). The summed E-state index contributed by atoms with van der Waals surface area (Å²) in [4.78, 5) is 13.9. The summed E-state index contributed by atoms with van der Waals surface area (Å²) in [5.74, 6) is -1.45. The van der Waals surface area contributed by atoms with Crippen LogP contribution < -0.4 is 18.9 Å². The van der Waals surface area contributed by atoms with E-state index in [-0.39, 0.29) is 0 Å². The van der Waals surface area contributed by atoms with Gasteiger partial charge in [0.15, 0.2) is 0 Å². The van der Waals surface area contributed by atoms with E-state index in [4.69, 9.17) is 18.9 Å².